The maximum absolute atomic E-state index is 12.7. The predicted molar refractivity (Wildman–Crippen MR) is 108 cm³/mol. The van der Waals surface area contributed by atoms with Crippen LogP contribution >= 0.6 is 0 Å². The fourth-order valence-corrected chi connectivity index (χ4v) is 11.2. The van der Waals surface area contributed by atoms with Gasteiger partial charge in [0.2, 0.25) is 0 Å². The summed E-state index contributed by atoms with van der Waals surface area (Å²) in [6.45, 7) is 12.6. The first-order chi connectivity index (χ1) is 13.4. The van der Waals surface area contributed by atoms with Crippen molar-refractivity contribution in [3.8, 4) is 0 Å². The zero-order valence-corrected chi connectivity index (χ0v) is 19.7. The summed E-state index contributed by atoms with van der Waals surface area (Å²) in [4.78, 5) is 25.1. The highest BCUT2D eigenvalue weighted by molar-refractivity contribution is 6.77. The Kier molecular flexibility index (Phi) is 7.22. The smallest absolute Gasteiger partial charge is 0.312 e. The fraction of sp³-hybridized carbons (Fsp3) is 0.900. The van der Waals surface area contributed by atoms with Crippen LogP contribution in [-0.2, 0) is 28.2 Å². The summed E-state index contributed by atoms with van der Waals surface area (Å²) in [5.41, 5.74) is -0.750. The lowest BCUT2D eigenvalue weighted by atomic mass is 9.69. The first kappa shape index (κ1) is 24.3. The van der Waals surface area contributed by atoms with Gasteiger partial charge >= 0.3 is 11.9 Å². The van der Waals surface area contributed by atoms with Crippen molar-refractivity contribution in [2.75, 3.05) is 20.8 Å². The molecule has 0 radical (unpaired) electrons. The molecule has 0 saturated carbocycles. The summed E-state index contributed by atoms with van der Waals surface area (Å²) in [5.74, 6) is -3.56. The van der Waals surface area contributed by atoms with E-state index in [-0.39, 0.29) is 23.2 Å². The minimum absolute atomic E-state index is 0.101. The van der Waals surface area contributed by atoms with Gasteiger partial charge in [0.25, 0.3) is 0 Å². The van der Waals surface area contributed by atoms with Crippen molar-refractivity contribution in [1.82, 2.24) is 0 Å². The molecule has 2 N–H and O–H groups in total. The van der Waals surface area contributed by atoms with Gasteiger partial charge in [0.1, 0.15) is 35.7 Å². The molecular formula is C20H36O8Si. The first-order valence-electron chi connectivity index (χ1n) is 10.3. The third-order valence-electron chi connectivity index (χ3n) is 6.94. The molecule has 2 heterocycles. The van der Waals surface area contributed by atoms with Crippen LogP contribution in [0, 0.1) is 11.8 Å². The summed E-state index contributed by atoms with van der Waals surface area (Å²) in [7, 11) is 0.0643. The van der Waals surface area contributed by atoms with Crippen LogP contribution in [0.5, 0.6) is 0 Å². The molecule has 0 aromatic carbocycles. The summed E-state index contributed by atoms with van der Waals surface area (Å²) in [5, 5.41) is 21.4. The maximum atomic E-state index is 12.7. The number of hydrogen-bond donors (Lipinski definition) is 2. The highest BCUT2D eigenvalue weighted by atomic mass is 28.4. The second kappa shape index (κ2) is 8.62. The molecule has 2 fully saturated rings. The molecule has 6 atom stereocenters. The third-order valence-corrected chi connectivity index (χ3v) is 13.0. The first-order valence-corrected chi connectivity index (χ1v) is 12.4. The Balaban J connectivity index is 2.49. The fourth-order valence-electron chi connectivity index (χ4n) is 5.72. The van der Waals surface area contributed by atoms with E-state index in [0.717, 1.165) is 0 Å². The largest absolute Gasteiger partial charge is 0.469 e. The minimum Gasteiger partial charge on any atom is -0.469 e. The van der Waals surface area contributed by atoms with Gasteiger partial charge in [0.15, 0.2) is 8.32 Å². The number of carbonyl (C=O) groups is 2. The lowest BCUT2D eigenvalue weighted by Gasteiger charge is -2.46. The van der Waals surface area contributed by atoms with Gasteiger partial charge in [-0.25, -0.2) is 0 Å². The molecule has 168 valence electrons. The van der Waals surface area contributed by atoms with Gasteiger partial charge in [-0.3, -0.25) is 9.59 Å². The lowest BCUT2D eigenvalue weighted by molar-refractivity contribution is -0.171. The number of aliphatic hydroxyl groups excluding tert-OH is 2. The number of methoxy groups -OCH3 is 2. The molecule has 0 aromatic rings. The summed E-state index contributed by atoms with van der Waals surface area (Å²) in [6, 6.07) is 0. The van der Waals surface area contributed by atoms with Crippen LogP contribution in [0.1, 0.15) is 41.5 Å². The van der Waals surface area contributed by atoms with Crippen molar-refractivity contribution in [2.45, 2.75) is 82.1 Å². The zero-order valence-electron chi connectivity index (χ0n) is 18.7. The van der Waals surface area contributed by atoms with Gasteiger partial charge in [-0.2, -0.15) is 0 Å². The number of esters is 2. The van der Waals surface area contributed by atoms with Crippen molar-refractivity contribution in [2.24, 2.45) is 11.8 Å². The van der Waals surface area contributed by atoms with Crippen LogP contribution in [0.3, 0.4) is 0 Å². The van der Waals surface area contributed by atoms with E-state index in [2.05, 4.69) is 41.5 Å². The van der Waals surface area contributed by atoms with Crippen LogP contribution in [0.15, 0.2) is 0 Å². The van der Waals surface area contributed by atoms with Crippen molar-refractivity contribution in [3.05, 3.63) is 0 Å². The SMILES string of the molecule is COC(=O)[C@@H]1[C@@H]2O[C@](CO[Si](C(C)C)(C(C)C)C(C)C)([C@@H]1C(=O)OC)[C@@H](O)[C@H]2O. The Morgan fingerprint density at radius 3 is 1.86 bits per heavy atom. The van der Waals surface area contributed by atoms with Gasteiger partial charge in [-0.15, -0.1) is 0 Å². The summed E-state index contributed by atoms with van der Waals surface area (Å²) >= 11 is 0. The average molecular weight is 433 g/mol. The Labute approximate surface area is 174 Å². The standard InChI is InChI=1S/C20H36O8Si/c1-10(2)29(11(3)4,12(5)6)27-9-20-14(19(24)26-8)13(18(23)25-7)16(28-20)15(21)17(20)22/h10-17,21-22H,9H2,1-8H3/t13-,14-,15-,16-,17-,20+/m0/s1. The molecular weight excluding hydrogens is 396 g/mol. The summed E-state index contributed by atoms with van der Waals surface area (Å²) < 4.78 is 22.4. The van der Waals surface area contributed by atoms with E-state index in [0.29, 0.717) is 0 Å². The molecule has 2 aliphatic rings. The van der Waals surface area contributed by atoms with E-state index >= 15 is 0 Å². The van der Waals surface area contributed by atoms with Crippen LogP contribution in [-0.4, -0.2) is 75.2 Å². The van der Waals surface area contributed by atoms with Gasteiger partial charge in [0.05, 0.1) is 20.8 Å². The molecule has 2 aliphatic heterocycles. The van der Waals surface area contributed by atoms with Crippen LogP contribution in [0.4, 0.5) is 0 Å². The minimum atomic E-state index is -2.36. The van der Waals surface area contributed by atoms with E-state index in [9.17, 15) is 19.8 Å². The van der Waals surface area contributed by atoms with Gasteiger partial charge < -0.3 is 28.8 Å². The van der Waals surface area contributed by atoms with Gasteiger partial charge in [-0.05, 0) is 16.6 Å². The van der Waals surface area contributed by atoms with Crippen LogP contribution in [0.25, 0.3) is 0 Å². The molecule has 0 spiro atoms. The quantitative estimate of drug-likeness (QED) is 0.440. The Hall–Kier alpha value is -1.00. The van der Waals surface area contributed by atoms with Crippen LogP contribution in [0.2, 0.25) is 16.6 Å². The number of fused-ring (bicyclic) bond motifs is 2. The van der Waals surface area contributed by atoms with Crippen molar-refractivity contribution in [1.29, 1.82) is 0 Å². The topological polar surface area (TPSA) is 112 Å². The van der Waals surface area contributed by atoms with E-state index in [1.807, 2.05) is 0 Å². The normalized spacial score (nSPS) is 34.3. The maximum Gasteiger partial charge on any atom is 0.312 e. The molecule has 2 bridgehead atoms. The van der Waals surface area contributed by atoms with Gasteiger partial charge in [0, 0.05) is 0 Å². The second-order valence-corrected chi connectivity index (χ2v) is 14.6. The average Bonchev–Trinajstić information content (AvgIpc) is 3.12. The predicted octanol–water partition coefficient (Wildman–Crippen LogP) is 1.63. The number of rotatable bonds is 8. The lowest BCUT2D eigenvalue weighted by Crippen LogP contribution is -2.62. The Bertz CT molecular complexity index is 600. The van der Waals surface area contributed by atoms with E-state index in [1.54, 1.807) is 0 Å². The van der Waals surface area contributed by atoms with Crippen LogP contribution < -0.4 is 0 Å². The molecule has 2 saturated heterocycles. The molecule has 2 rings (SSSR count). The van der Waals surface area contributed by atoms with E-state index < -0.39 is 56.0 Å². The molecule has 0 aromatic heterocycles. The van der Waals surface area contributed by atoms with Crippen molar-refractivity contribution < 1.29 is 38.4 Å². The molecule has 0 aliphatic carbocycles. The number of hydrogen-bond acceptors (Lipinski definition) is 8. The Morgan fingerprint density at radius 2 is 1.45 bits per heavy atom. The summed E-state index contributed by atoms with van der Waals surface area (Å²) in [6.07, 6.45) is -3.76. The van der Waals surface area contributed by atoms with E-state index in [1.165, 1.54) is 14.2 Å². The molecule has 29 heavy (non-hydrogen) atoms. The van der Waals surface area contributed by atoms with Crippen molar-refractivity contribution in [3.63, 3.8) is 0 Å². The molecule has 8 nitrogen and oxygen atoms in total. The highest BCUT2D eigenvalue weighted by Gasteiger charge is 2.73. The molecule has 0 amide bonds. The highest BCUT2D eigenvalue weighted by Crippen LogP contribution is 2.54. The number of ether oxygens (including phenoxy) is 3. The monoisotopic (exact) mass is 432 g/mol. The molecule has 9 heteroatoms. The van der Waals surface area contributed by atoms with E-state index in [4.69, 9.17) is 18.6 Å². The zero-order chi connectivity index (χ0) is 22.3. The number of aliphatic hydroxyl groups is 2. The van der Waals surface area contributed by atoms with Gasteiger partial charge in [-0.1, -0.05) is 41.5 Å². The molecule has 0 unspecified atom stereocenters. The van der Waals surface area contributed by atoms with Crippen molar-refractivity contribution >= 4 is 20.3 Å². The Morgan fingerprint density at radius 1 is 0.966 bits per heavy atom. The second-order valence-electron chi connectivity index (χ2n) is 9.13. The number of carbonyl (C=O) groups excluding carboxylic acids is 2. The third kappa shape index (κ3) is 3.54.